The maximum Gasteiger partial charge on any atom is 0.508 e. The fourth-order valence-electron chi connectivity index (χ4n) is 1.96. The lowest BCUT2D eigenvalue weighted by atomic mass is 10.3. The third-order valence-corrected chi connectivity index (χ3v) is 2.82. The van der Waals surface area contributed by atoms with E-state index in [1.807, 2.05) is 11.9 Å². The monoisotopic (exact) mass is 260 g/mol. The van der Waals surface area contributed by atoms with Gasteiger partial charge in [-0.15, -0.1) is 13.2 Å². The van der Waals surface area contributed by atoms with Crippen LogP contribution in [0, 0.1) is 0 Å². The number of anilines is 1. The molecule has 0 N–H and O–H groups in total. The summed E-state index contributed by atoms with van der Waals surface area (Å²) in [6.45, 7) is 1.27. The van der Waals surface area contributed by atoms with Crippen LogP contribution in [0.2, 0.25) is 0 Å². The Morgan fingerprint density at radius 3 is 2.44 bits per heavy atom. The van der Waals surface area contributed by atoms with Crippen LogP contribution in [0.5, 0.6) is 0 Å². The smallest absolute Gasteiger partial charge is 0.304 e. The first kappa shape index (κ1) is 13.2. The highest BCUT2D eigenvalue weighted by Gasteiger charge is 2.41. The van der Waals surface area contributed by atoms with Gasteiger partial charge in [-0.25, -0.2) is 0 Å². The molecule has 18 heavy (non-hydrogen) atoms. The van der Waals surface area contributed by atoms with E-state index in [2.05, 4.69) is 0 Å². The van der Waals surface area contributed by atoms with Crippen LogP contribution in [0.4, 0.5) is 18.9 Å². The molecule has 0 aliphatic carbocycles. The second kappa shape index (κ2) is 5.16. The van der Waals surface area contributed by atoms with E-state index in [0.717, 1.165) is 6.54 Å². The summed E-state index contributed by atoms with van der Waals surface area (Å²) in [4.78, 5) is 7.05. The maximum absolute atomic E-state index is 12.9. The van der Waals surface area contributed by atoms with Crippen LogP contribution >= 0.6 is 0 Å². The van der Waals surface area contributed by atoms with Gasteiger partial charge in [-0.1, -0.05) is 18.2 Å². The molecular formula is C12H15F3N2O. The number of para-hydroxylation sites is 1. The molecular weight excluding hydrogens is 245 g/mol. The standard InChI is InChI=1S/C12H15F3N2O/c1-16-8-7-11(9-16)18-17(12(13,14)15)10-5-3-2-4-6-10/h2-6,11H,7-9H2,1H3/t11-/m1/s1. The fourth-order valence-corrected chi connectivity index (χ4v) is 1.96. The zero-order valence-electron chi connectivity index (χ0n) is 10.0. The minimum atomic E-state index is -4.54. The van der Waals surface area contributed by atoms with Gasteiger partial charge < -0.3 is 4.90 Å². The van der Waals surface area contributed by atoms with Crippen molar-refractivity contribution >= 4 is 5.69 Å². The molecule has 1 saturated heterocycles. The minimum absolute atomic E-state index is 0.000414. The quantitative estimate of drug-likeness (QED) is 0.614. The van der Waals surface area contributed by atoms with E-state index in [9.17, 15) is 13.2 Å². The molecule has 1 heterocycles. The van der Waals surface area contributed by atoms with Crippen LogP contribution in [0.1, 0.15) is 6.42 Å². The lowest BCUT2D eigenvalue weighted by Gasteiger charge is -2.28. The average molecular weight is 260 g/mol. The van der Waals surface area contributed by atoms with E-state index < -0.39 is 12.4 Å². The van der Waals surface area contributed by atoms with Crippen molar-refractivity contribution in [3.8, 4) is 0 Å². The first-order valence-corrected chi connectivity index (χ1v) is 5.74. The van der Waals surface area contributed by atoms with Gasteiger partial charge in [-0.05, 0) is 25.6 Å². The van der Waals surface area contributed by atoms with Crippen LogP contribution in [0.15, 0.2) is 30.3 Å². The van der Waals surface area contributed by atoms with Gasteiger partial charge in [0.05, 0.1) is 11.8 Å². The number of hydrogen-bond donors (Lipinski definition) is 0. The van der Waals surface area contributed by atoms with Gasteiger partial charge in [0.1, 0.15) is 0 Å². The molecule has 1 aliphatic rings. The lowest BCUT2D eigenvalue weighted by Crippen LogP contribution is -2.41. The maximum atomic E-state index is 12.9. The molecule has 0 unspecified atom stereocenters. The Balaban J connectivity index is 2.12. The highest BCUT2D eigenvalue weighted by atomic mass is 19.4. The second-order valence-corrected chi connectivity index (χ2v) is 4.38. The van der Waals surface area contributed by atoms with E-state index in [1.54, 1.807) is 18.2 Å². The van der Waals surface area contributed by atoms with Crippen molar-refractivity contribution in [1.29, 1.82) is 0 Å². The third-order valence-electron chi connectivity index (χ3n) is 2.82. The Morgan fingerprint density at radius 1 is 1.28 bits per heavy atom. The van der Waals surface area contributed by atoms with Gasteiger partial charge in [0.2, 0.25) is 0 Å². The number of likely N-dealkylation sites (tertiary alicyclic amines) is 1. The van der Waals surface area contributed by atoms with Crippen molar-refractivity contribution in [3.63, 3.8) is 0 Å². The number of likely N-dealkylation sites (N-methyl/N-ethyl adjacent to an activating group) is 1. The molecule has 0 aromatic heterocycles. The molecule has 3 nitrogen and oxygen atoms in total. The van der Waals surface area contributed by atoms with Crippen molar-refractivity contribution in [2.75, 3.05) is 25.2 Å². The second-order valence-electron chi connectivity index (χ2n) is 4.38. The predicted octanol–water partition coefficient (Wildman–Crippen LogP) is 2.65. The molecule has 0 bridgehead atoms. The van der Waals surface area contributed by atoms with E-state index in [-0.39, 0.29) is 10.8 Å². The number of alkyl halides is 3. The van der Waals surface area contributed by atoms with Crippen molar-refractivity contribution < 1.29 is 18.0 Å². The number of benzene rings is 1. The van der Waals surface area contributed by atoms with Crippen LogP contribution in [-0.2, 0) is 4.84 Å². The summed E-state index contributed by atoms with van der Waals surface area (Å²) >= 11 is 0. The molecule has 0 saturated carbocycles. The molecule has 1 aromatic carbocycles. The summed E-state index contributed by atoms with van der Waals surface area (Å²) in [5, 5.41) is 0.0524. The number of hydrogen-bond acceptors (Lipinski definition) is 3. The highest BCUT2D eigenvalue weighted by molar-refractivity contribution is 5.44. The van der Waals surface area contributed by atoms with E-state index >= 15 is 0 Å². The van der Waals surface area contributed by atoms with Gasteiger partial charge in [0, 0.05) is 13.1 Å². The summed E-state index contributed by atoms with van der Waals surface area (Å²) in [5.74, 6) is 0. The predicted molar refractivity (Wildman–Crippen MR) is 62.0 cm³/mol. The number of rotatable bonds is 3. The molecule has 1 aromatic rings. The molecule has 0 radical (unpaired) electrons. The van der Waals surface area contributed by atoms with Crippen molar-refractivity contribution in [3.05, 3.63) is 30.3 Å². The number of hydroxylamine groups is 1. The van der Waals surface area contributed by atoms with Gasteiger partial charge >= 0.3 is 6.30 Å². The SMILES string of the molecule is CN1CC[C@@H](ON(c2ccccc2)C(F)(F)F)C1. The van der Waals surface area contributed by atoms with Gasteiger partial charge in [0.15, 0.2) is 0 Å². The van der Waals surface area contributed by atoms with Crippen molar-refractivity contribution in [2.45, 2.75) is 18.8 Å². The summed E-state index contributed by atoms with van der Waals surface area (Å²) in [6, 6.07) is 7.54. The van der Waals surface area contributed by atoms with E-state index in [1.165, 1.54) is 12.1 Å². The third kappa shape index (κ3) is 3.14. The molecule has 1 aliphatic heterocycles. The molecule has 1 fully saturated rings. The van der Waals surface area contributed by atoms with Gasteiger partial charge in [0.25, 0.3) is 0 Å². The fraction of sp³-hybridized carbons (Fsp3) is 0.500. The topological polar surface area (TPSA) is 15.7 Å². The summed E-state index contributed by atoms with van der Waals surface area (Å²) in [6.07, 6.45) is -4.35. The van der Waals surface area contributed by atoms with Crippen molar-refractivity contribution in [1.82, 2.24) is 4.90 Å². The first-order chi connectivity index (χ1) is 8.47. The Hall–Kier alpha value is -1.27. The van der Waals surface area contributed by atoms with Crippen LogP contribution in [0.3, 0.4) is 0 Å². The zero-order valence-corrected chi connectivity index (χ0v) is 10.0. The normalized spacial score (nSPS) is 21.2. The van der Waals surface area contributed by atoms with Crippen LogP contribution in [-0.4, -0.2) is 37.4 Å². The summed E-state index contributed by atoms with van der Waals surface area (Å²) in [5.41, 5.74) is -0.000414. The number of nitrogens with zero attached hydrogens (tertiary/aromatic N) is 2. The zero-order chi connectivity index (χ0) is 13.2. The Morgan fingerprint density at radius 2 is 1.94 bits per heavy atom. The molecule has 0 spiro atoms. The average Bonchev–Trinajstić information content (AvgIpc) is 2.72. The van der Waals surface area contributed by atoms with E-state index in [4.69, 9.17) is 4.84 Å². The van der Waals surface area contributed by atoms with E-state index in [0.29, 0.717) is 13.0 Å². The highest BCUT2D eigenvalue weighted by Crippen LogP contribution is 2.30. The molecule has 0 amide bonds. The Kier molecular flexibility index (Phi) is 3.77. The van der Waals surface area contributed by atoms with Crippen molar-refractivity contribution in [2.24, 2.45) is 0 Å². The van der Waals surface area contributed by atoms with Gasteiger partial charge in [-0.3, -0.25) is 4.84 Å². The van der Waals surface area contributed by atoms with Crippen LogP contribution < -0.4 is 5.06 Å². The summed E-state index contributed by atoms with van der Waals surface area (Å²) in [7, 11) is 1.86. The van der Waals surface area contributed by atoms with Crippen LogP contribution in [0.25, 0.3) is 0 Å². The first-order valence-electron chi connectivity index (χ1n) is 5.74. The molecule has 2 rings (SSSR count). The van der Waals surface area contributed by atoms with Gasteiger partial charge in [-0.2, -0.15) is 5.06 Å². The molecule has 6 heteroatoms. The minimum Gasteiger partial charge on any atom is -0.304 e. The largest absolute Gasteiger partial charge is 0.508 e. The molecule has 100 valence electrons. The Labute approximate surface area is 104 Å². The number of halogens is 3. The molecule has 1 atom stereocenters. The Bertz CT molecular complexity index is 383. The lowest BCUT2D eigenvalue weighted by molar-refractivity contribution is -0.202. The summed E-state index contributed by atoms with van der Waals surface area (Å²) < 4.78 is 38.8.